The second kappa shape index (κ2) is 11.8. The number of benzene rings is 2. The van der Waals surface area contributed by atoms with Gasteiger partial charge in [0.25, 0.3) is 5.91 Å². The highest BCUT2D eigenvalue weighted by Crippen LogP contribution is 2.39. The number of carbonyl (C=O) groups is 2. The van der Waals surface area contributed by atoms with Crippen LogP contribution in [-0.4, -0.2) is 39.4 Å². The number of aliphatic imine (C=N–C) groups is 1. The number of thiophene rings is 2. The highest BCUT2D eigenvalue weighted by Gasteiger charge is 2.39. The topological polar surface area (TPSA) is 95.5 Å². The molecule has 40 heavy (non-hydrogen) atoms. The van der Waals surface area contributed by atoms with Crippen molar-refractivity contribution in [3.05, 3.63) is 104 Å². The van der Waals surface area contributed by atoms with Crippen LogP contribution in [0.15, 0.2) is 88.6 Å². The van der Waals surface area contributed by atoms with Crippen LogP contribution in [0, 0.1) is 0 Å². The van der Waals surface area contributed by atoms with Crippen LogP contribution in [0.5, 0.6) is 17.2 Å². The van der Waals surface area contributed by atoms with Crippen LogP contribution in [0.2, 0.25) is 0 Å². The normalized spacial score (nSPS) is 15.7. The first-order chi connectivity index (χ1) is 19.5. The summed E-state index contributed by atoms with van der Waals surface area (Å²) < 4.78 is 22.2. The first kappa shape index (κ1) is 27.2. The number of hydrogen-bond donors (Lipinski definition) is 1. The Morgan fingerprint density at radius 3 is 2.15 bits per heavy atom. The maximum atomic E-state index is 13.7. The van der Waals surface area contributed by atoms with E-state index in [1.807, 2.05) is 35.0 Å². The first-order valence-corrected chi connectivity index (χ1v) is 14.0. The third kappa shape index (κ3) is 5.23. The Hall–Kier alpha value is -4.41. The molecule has 0 spiro atoms. The van der Waals surface area contributed by atoms with Gasteiger partial charge in [0.1, 0.15) is 11.3 Å². The molecule has 4 aromatic rings. The molecule has 1 amide bonds. The van der Waals surface area contributed by atoms with E-state index < -0.39 is 23.5 Å². The van der Waals surface area contributed by atoms with Crippen molar-refractivity contribution >= 4 is 46.5 Å². The van der Waals surface area contributed by atoms with E-state index >= 15 is 0 Å². The zero-order valence-corrected chi connectivity index (χ0v) is 23.6. The van der Waals surface area contributed by atoms with Gasteiger partial charge in [-0.25, -0.2) is 4.79 Å². The Bertz CT molecular complexity index is 1510. The minimum Gasteiger partial charge on any atom is -0.493 e. The molecule has 5 rings (SSSR count). The Labute approximate surface area is 239 Å². The number of allylic oxidation sites excluding steroid dienone is 1. The summed E-state index contributed by atoms with van der Waals surface area (Å²) in [6, 6.07) is 18.0. The highest BCUT2D eigenvalue weighted by molar-refractivity contribution is 7.11. The number of esters is 1. The molecule has 1 N–H and O–H groups in total. The van der Waals surface area contributed by atoms with Crippen LogP contribution in [0.25, 0.3) is 0 Å². The van der Waals surface area contributed by atoms with Crippen LogP contribution >= 0.6 is 22.7 Å². The molecular weight excluding hydrogens is 548 g/mol. The fourth-order valence-electron chi connectivity index (χ4n) is 4.37. The Kier molecular flexibility index (Phi) is 7.99. The van der Waals surface area contributed by atoms with Gasteiger partial charge in [-0.1, -0.05) is 18.2 Å². The number of rotatable bonds is 10. The zero-order chi connectivity index (χ0) is 28.1. The fourth-order valence-corrected chi connectivity index (χ4v) is 5.98. The summed E-state index contributed by atoms with van der Waals surface area (Å²) in [6.07, 6.45) is 4.59. The zero-order valence-electron chi connectivity index (χ0n) is 22.0. The van der Waals surface area contributed by atoms with Crippen molar-refractivity contribution in [2.45, 2.75) is 11.6 Å². The number of anilines is 1. The van der Waals surface area contributed by atoms with E-state index in [0.29, 0.717) is 28.5 Å². The SMILES string of the molecule is COC(=O)c1cc(NC(=O)C2(c3ccc(OC)c(OC)c3)C=CC=N2)ccc1OC(c1cccs1)c1cccs1. The molecule has 1 aliphatic heterocycles. The summed E-state index contributed by atoms with van der Waals surface area (Å²) in [7, 11) is 4.38. The Morgan fingerprint density at radius 2 is 1.57 bits per heavy atom. The summed E-state index contributed by atoms with van der Waals surface area (Å²) in [5.41, 5.74) is -0.166. The third-order valence-electron chi connectivity index (χ3n) is 6.36. The molecule has 2 aromatic carbocycles. The standard InChI is InChI=1S/C30H26N2O6S2/c1-35-23-11-9-19(17-24(23)36-2)30(13-6-14-31-30)29(34)32-20-10-12-22(21(18-20)28(33)37-3)38-27(25-7-4-15-39-25)26-8-5-16-40-26/h4-18,27H,1-3H3,(H,32,34). The van der Waals surface area contributed by atoms with Crippen LogP contribution in [0.4, 0.5) is 5.69 Å². The minimum absolute atomic E-state index is 0.184. The van der Waals surface area contributed by atoms with Gasteiger partial charge in [-0.3, -0.25) is 9.79 Å². The van der Waals surface area contributed by atoms with E-state index in [2.05, 4.69) is 10.3 Å². The van der Waals surface area contributed by atoms with Crippen molar-refractivity contribution in [2.24, 2.45) is 4.99 Å². The summed E-state index contributed by atoms with van der Waals surface area (Å²) in [4.78, 5) is 33.0. The quantitative estimate of drug-likeness (QED) is 0.225. The smallest absolute Gasteiger partial charge is 0.341 e. The molecule has 1 atom stereocenters. The molecule has 1 unspecified atom stereocenters. The van der Waals surface area contributed by atoms with Gasteiger partial charge in [0.15, 0.2) is 23.1 Å². The van der Waals surface area contributed by atoms with Gasteiger partial charge >= 0.3 is 5.97 Å². The predicted octanol–water partition coefficient (Wildman–Crippen LogP) is 6.26. The van der Waals surface area contributed by atoms with Crippen molar-refractivity contribution in [1.29, 1.82) is 0 Å². The average molecular weight is 575 g/mol. The van der Waals surface area contributed by atoms with Crippen molar-refractivity contribution in [2.75, 3.05) is 26.6 Å². The Balaban J connectivity index is 1.46. The van der Waals surface area contributed by atoms with E-state index in [9.17, 15) is 9.59 Å². The molecule has 0 bridgehead atoms. The van der Waals surface area contributed by atoms with Gasteiger partial charge < -0.3 is 24.3 Å². The third-order valence-corrected chi connectivity index (χ3v) is 8.19. The summed E-state index contributed by atoms with van der Waals surface area (Å²) >= 11 is 3.14. The summed E-state index contributed by atoms with van der Waals surface area (Å²) in [6.45, 7) is 0. The van der Waals surface area contributed by atoms with E-state index in [1.54, 1.807) is 84.5 Å². The fraction of sp³-hybridized carbons (Fsp3) is 0.167. The largest absolute Gasteiger partial charge is 0.493 e. The molecule has 0 aliphatic carbocycles. The van der Waals surface area contributed by atoms with Crippen molar-refractivity contribution in [1.82, 2.24) is 0 Å². The average Bonchev–Trinajstić information content (AvgIpc) is 3.79. The predicted molar refractivity (Wildman–Crippen MR) is 156 cm³/mol. The number of nitrogens with one attached hydrogen (secondary N) is 1. The molecule has 1 aliphatic rings. The molecule has 2 aromatic heterocycles. The molecule has 10 heteroatoms. The molecule has 0 radical (unpaired) electrons. The molecule has 0 fully saturated rings. The molecule has 8 nitrogen and oxygen atoms in total. The van der Waals surface area contributed by atoms with Crippen molar-refractivity contribution < 1.29 is 28.5 Å². The number of nitrogens with zero attached hydrogens (tertiary/aromatic N) is 1. The maximum absolute atomic E-state index is 13.7. The lowest BCUT2D eigenvalue weighted by Crippen LogP contribution is -2.36. The molecule has 0 saturated carbocycles. The van der Waals surface area contributed by atoms with Crippen molar-refractivity contribution in [3.8, 4) is 17.2 Å². The van der Waals surface area contributed by atoms with Gasteiger partial charge in [0.2, 0.25) is 0 Å². The van der Waals surface area contributed by atoms with Crippen molar-refractivity contribution in [3.63, 3.8) is 0 Å². The molecule has 0 saturated heterocycles. The van der Waals surface area contributed by atoms with Crippen LogP contribution in [0.3, 0.4) is 0 Å². The van der Waals surface area contributed by atoms with Crippen LogP contribution in [0.1, 0.15) is 31.8 Å². The molecule has 204 valence electrons. The lowest BCUT2D eigenvalue weighted by atomic mass is 9.89. The number of methoxy groups -OCH3 is 3. The van der Waals surface area contributed by atoms with Gasteiger partial charge in [-0.15, -0.1) is 22.7 Å². The van der Waals surface area contributed by atoms with Gasteiger partial charge in [-0.2, -0.15) is 0 Å². The monoisotopic (exact) mass is 574 g/mol. The highest BCUT2D eigenvalue weighted by atomic mass is 32.1. The molecule has 3 heterocycles. The second-order valence-electron chi connectivity index (χ2n) is 8.66. The first-order valence-electron chi connectivity index (χ1n) is 12.2. The van der Waals surface area contributed by atoms with E-state index in [1.165, 1.54) is 14.2 Å². The van der Waals surface area contributed by atoms with E-state index in [-0.39, 0.29) is 5.56 Å². The molecular formula is C30H26N2O6S2. The minimum atomic E-state index is -1.33. The second-order valence-corrected chi connectivity index (χ2v) is 10.6. The Morgan fingerprint density at radius 1 is 0.875 bits per heavy atom. The van der Waals surface area contributed by atoms with Gasteiger partial charge in [0, 0.05) is 11.9 Å². The summed E-state index contributed by atoms with van der Waals surface area (Å²) in [5.74, 6) is 0.350. The lowest BCUT2D eigenvalue weighted by molar-refractivity contribution is -0.119. The van der Waals surface area contributed by atoms with Crippen LogP contribution < -0.4 is 19.5 Å². The van der Waals surface area contributed by atoms with Crippen LogP contribution in [-0.2, 0) is 15.1 Å². The lowest BCUT2D eigenvalue weighted by Gasteiger charge is -2.25. The van der Waals surface area contributed by atoms with E-state index in [4.69, 9.17) is 18.9 Å². The number of ether oxygens (including phenoxy) is 4. The summed E-state index contributed by atoms with van der Waals surface area (Å²) in [5, 5.41) is 6.87. The number of carbonyl (C=O) groups excluding carboxylic acids is 2. The maximum Gasteiger partial charge on any atom is 0.341 e. The number of hydrogen-bond acceptors (Lipinski definition) is 9. The van der Waals surface area contributed by atoms with Gasteiger partial charge in [-0.05, 0) is 70.9 Å². The van der Waals surface area contributed by atoms with E-state index in [0.717, 1.165) is 9.75 Å². The van der Waals surface area contributed by atoms with Gasteiger partial charge in [0.05, 0.1) is 31.1 Å². The number of amides is 1.